The van der Waals surface area contributed by atoms with E-state index in [2.05, 4.69) is 5.32 Å². The van der Waals surface area contributed by atoms with Crippen molar-refractivity contribution >= 4 is 17.5 Å². The number of benzene rings is 1. The molecule has 6 nitrogen and oxygen atoms in total. The van der Waals surface area contributed by atoms with E-state index < -0.39 is 35.1 Å². The van der Waals surface area contributed by atoms with Gasteiger partial charge in [-0.2, -0.15) is 0 Å². The Morgan fingerprint density at radius 2 is 1.88 bits per heavy atom. The number of nitrogens with zero attached hydrogens (tertiary/aromatic N) is 1. The molecule has 1 aliphatic rings. The number of nitrogens with one attached hydrogen (secondary N) is 2. The van der Waals surface area contributed by atoms with Crippen LogP contribution in [0.15, 0.2) is 12.1 Å². The number of amides is 2. The first-order chi connectivity index (χ1) is 11.8. The van der Waals surface area contributed by atoms with Crippen LogP contribution in [-0.2, 0) is 14.3 Å². The molecule has 0 bridgehead atoms. The molecule has 2 amide bonds. The average molecular weight is 360 g/mol. The van der Waals surface area contributed by atoms with Crippen LogP contribution in [0.2, 0.25) is 0 Å². The number of morpholine rings is 1. The van der Waals surface area contributed by atoms with Crippen molar-refractivity contribution in [3.63, 3.8) is 0 Å². The molecule has 0 spiro atoms. The smallest absolute Gasteiger partial charge is 0.282 e. The SMILES string of the molecule is C[C@@H](C(=O)Nc1ccc(F)c(F)c1F)[NH+](C)CC(=O)N1CCOCC1. The number of ether oxygens (including phenoxy) is 1. The highest BCUT2D eigenvalue weighted by Crippen LogP contribution is 2.19. The van der Waals surface area contributed by atoms with Gasteiger partial charge in [0, 0.05) is 13.1 Å². The summed E-state index contributed by atoms with van der Waals surface area (Å²) in [5, 5.41) is 2.23. The van der Waals surface area contributed by atoms with Crippen molar-refractivity contribution in [2.24, 2.45) is 0 Å². The van der Waals surface area contributed by atoms with Gasteiger partial charge >= 0.3 is 0 Å². The summed E-state index contributed by atoms with van der Waals surface area (Å²) < 4.78 is 44.9. The number of likely N-dealkylation sites (N-methyl/N-ethyl adjacent to an activating group) is 1. The molecule has 0 aliphatic carbocycles. The van der Waals surface area contributed by atoms with Gasteiger partial charge in [0.1, 0.15) is 0 Å². The standard InChI is InChI=1S/C16H20F3N3O3/c1-10(21(2)9-13(23)22-5-7-25-8-6-22)16(24)20-12-4-3-11(17)14(18)15(12)19/h3-4,10H,5-9H2,1-2H3,(H,20,24)/p+1/t10-/m0/s1. The maximum atomic E-state index is 13.6. The van der Waals surface area contributed by atoms with Crippen molar-refractivity contribution in [3.05, 3.63) is 29.6 Å². The molecule has 1 unspecified atom stereocenters. The van der Waals surface area contributed by atoms with Crippen LogP contribution < -0.4 is 10.2 Å². The fourth-order valence-electron chi connectivity index (χ4n) is 2.40. The molecule has 0 radical (unpaired) electrons. The third-order valence-corrected chi connectivity index (χ3v) is 4.22. The van der Waals surface area contributed by atoms with Crippen molar-refractivity contribution in [2.75, 3.05) is 45.2 Å². The van der Waals surface area contributed by atoms with Crippen LogP contribution in [0.3, 0.4) is 0 Å². The summed E-state index contributed by atoms with van der Waals surface area (Å²) in [6.45, 7) is 3.62. The molecule has 2 N–H and O–H groups in total. The highest BCUT2D eigenvalue weighted by Gasteiger charge is 2.28. The van der Waals surface area contributed by atoms with Gasteiger partial charge in [-0.15, -0.1) is 0 Å². The number of halogens is 3. The fraction of sp³-hybridized carbons (Fsp3) is 0.500. The molecular weight excluding hydrogens is 339 g/mol. The topological polar surface area (TPSA) is 63.1 Å². The van der Waals surface area contributed by atoms with Gasteiger partial charge in [-0.1, -0.05) is 0 Å². The van der Waals surface area contributed by atoms with Gasteiger partial charge in [0.15, 0.2) is 30.0 Å². The van der Waals surface area contributed by atoms with Gasteiger partial charge in [-0.3, -0.25) is 9.59 Å². The first kappa shape index (κ1) is 19.2. The molecule has 138 valence electrons. The second-order valence-electron chi connectivity index (χ2n) is 5.95. The second kappa shape index (κ2) is 8.30. The Labute approximate surface area is 143 Å². The van der Waals surface area contributed by atoms with Crippen molar-refractivity contribution in [2.45, 2.75) is 13.0 Å². The lowest BCUT2D eigenvalue weighted by Crippen LogP contribution is -3.15. The van der Waals surface area contributed by atoms with Gasteiger partial charge in [-0.05, 0) is 19.1 Å². The molecule has 25 heavy (non-hydrogen) atoms. The van der Waals surface area contributed by atoms with E-state index in [0.717, 1.165) is 12.1 Å². The van der Waals surface area contributed by atoms with Gasteiger partial charge in [0.25, 0.3) is 11.8 Å². The lowest BCUT2D eigenvalue weighted by atomic mass is 10.2. The van der Waals surface area contributed by atoms with E-state index in [1.165, 1.54) is 0 Å². The van der Waals surface area contributed by atoms with E-state index in [1.54, 1.807) is 18.9 Å². The molecular formula is C16H21F3N3O3+. The molecule has 1 fully saturated rings. The molecule has 1 heterocycles. The Morgan fingerprint density at radius 3 is 2.52 bits per heavy atom. The van der Waals surface area contributed by atoms with Crippen molar-refractivity contribution in [1.29, 1.82) is 0 Å². The van der Waals surface area contributed by atoms with E-state index in [1.807, 2.05) is 0 Å². The minimum atomic E-state index is -1.64. The number of carbonyl (C=O) groups excluding carboxylic acids is 2. The Morgan fingerprint density at radius 1 is 1.24 bits per heavy atom. The lowest BCUT2D eigenvalue weighted by molar-refractivity contribution is -0.886. The van der Waals surface area contributed by atoms with Crippen LogP contribution in [0, 0.1) is 17.5 Å². The first-order valence-corrected chi connectivity index (χ1v) is 7.93. The largest absolute Gasteiger partial charge is 0.378 e. The minimum Gasteiger partial charge on any atom is -0.378 e. The minimum absolute atomic E-state index is 0.0782. The van der Waals surface area contributed by atoms with E-state index >= 15 is 0 Å². The zero-order chi connectivity index (χ0) is 18.6. The summed E-state index contributed by atoms with van der Waals surface area (Å²) in [5.41, 5.74) is -0.442. The predicted molar refractivity (Wildman–Crippen MR) is 83.6 cm³/mol. The van der Waals surface area contributed by atoms with Crippen LogP contribution in [0.25, 0.3) is 0 Å². The van der Waals surface area contributed by atoms with Gasteiger partial charge in [0.05, 0.1) is 25.9 Å². The first-order valence-electron chi connectivity index (χ1n) is 7.93. The van der Waals surface area contributed by atoms with Crippen LogP contribution in [-0.4, -0.2) is 62.7 Å². The number of anilines is 1. The Bertz CT molecular complexity index is 651. The molecule has 1 aromatic carbocycles. The zero-order valence-electron chi connectivity index (χ0n) is 14.1. The molecule has 2 atom stereocenters. The quantitative estimate of drug-likeness (QED) is 0.716. The monoisotopic (exact) mass is 360 g/mol. The maximum absolute atomic E-state index is 13.6. The Kier molecular flexibility index (Phi) is 6.38. The van der Waals surface area contributed by atoms with Crippen LogP contribution >= 0.6 is 0 Å². The van der Waals surface area contributed by atoms with Crippen molar-refractivity contribution in [1.82, 2.24) is 4.90 Å². The van der Waals surface area contributed by atoms with Crippen LogP contribution in [0.4, 0.5) is 18.9 Å². The number of rotatable bonds is 5. The fourth-order valence-corrected chi connectivity index (χ4v) is 2.40. The summed E-state index contributed by atoms with van der Waals surface area (Å²) in [6.07, 6.45) is 0. The van der Waals surface area contributed by atoms with Crippen LogP contribution in [0.1, 0.15) is 6.92 Å². The molecule has 9 heteroatoms. The number of quaternary nitrogens is 1. The molecule has 1 aromatic rings. The molecule has 1 saturated heterocycles. The molecule has 0 saturated carbocycles. The third kappa shape index (κ3) is 4.70. The van der Waals surface area contributed by atoms with Gasteiger partial charge in [-0.25, -0.2) is 13.2 Å². The van der Waals surface area contributed by atoms with Gasteiger partial charge in [0.2, 0.25) is 0 Å². The van der Waals surface area contributed by atoms with Crippen molar-refractivity contribution in [3.8, 4) is 0 Å². The average Bonchev–Trinajstić information content (AvgIpc) is 2.62. The third-order valence-electron chi connectivity index (χ3n) is 4.22. The molecule has 1 aliphatic heterocycles. The van der Waals surface area contributed by atoms with Gasteiger partial charge < -0.3 is 19.9 Å². The number of hydrogen-bond acceptors (Lipinski definition) is 3. The van der Waals surface area contributed by atoms with Crippen LogP contribution in [0.5, 0.6) is 0 Å². The zero-order valence-corrected chi connectivity index (χ0v) is 14.1. The maximum Gasteiger partial charge on any atom is 0.282 e. The number of hydrogen-bond donors (Lipinski definition) is 2. The normalized spacial score (nSPS) is 17.1. The predicted octanol–water partition coefficient (Wildman–Crippen LogP) is -0.196. The summed E-state index contributed by atoms with van der Waals surface area (Å²) in [7, 11) is 1.66. The van der Waals surface area contributed by atoms with E-state index in [-0.39, 0.29) is 12.5 Å². The van der Waals surface area contributed by atoms with E-state index in [9.17, 15) is 22.8 Å². The number of carbonyl (C=O) groups is 2. The highest BCUT2D eigenvalue weighted by atomic mass is 19.2. The van der Waals surface area contributed by atoms with E-state index in [0.29, 0.717) is 31.2 Å². The molecule has 2 rings (SSSR count). The second-order valence-corrected chi connectivity index (χ2v) is 5.95. The van der Waals surface area contributed by atoms with Crippen molar-refractivity contribution < 1.29 is 32.4 Å². The summed E-state index contributed by atoms with van der Waals surface area (Å²) in [4.78, 5) is 26.7. The summed E-state index contributed by atoms with van der Waals surface area (Å²) in [6, 6.07) is 0.988. The lowest BCUT2D eigenvalue weighted by Gasteiger charge is -2.28. The highest BCUT2D eigenvalue weighted by molar-refractivity contribution is 5.93. The summed E-state index contributed by atoms with van der Waals surface area (Å²) in [5.74, 6) is -5.14. The van der Waals surface area contributed by atoms with E-state index in [4.69, 9.17) is 4.74 Å². The Hall–Kier alpha value is -2.13. The Balaban J connectivity index is 1.94. The molecule has 0 aromatic heterocycles. The summed E-state index contributed by atoms with van der Waals surface area (Å²) >= 11 is 0.